The predicted octanol–water partition coefficient (Wildman–Crippen LogP) is -1.03. The summed E-state index contributed by atoms with van der Waals surface area (Å²) in [5, 5.41) is 0. The van der Waals surface area contributed by atoms with Crippen LogP contribution >= 0.6 is 7.52 Å². The fourth-order valence-electron chi connectivity index (χ4n) is 0.768. The molecule has 6 heteroatoms. The van der Waals surface area contributed by atoms with Crippen LogP contribution in [0.4, 0.5) is 0 Å². The Morgan fingerprint density at radius 2 is 2.40 bits per heavy atom. The van der Waals surface area contributed by atoms with Crippen LogP contribution in [-0.4, -0.2) is 34.7 Å². The van der Waals surface area contributed by atoms with Crippen molar-refractivity contribution in [2.24, 2.45) is 5.73 Å². The fraction of sp³-hybridized carbons (Fsp3) is 0.750. The Morgan fingerprint density at radius 1 is 1.90 bits per heavy atom. The van der Waals surface area contributed by atoms with Crippen molar-refractivity contribution in [3.8, 4) is 0 Å². The van der Waals surface area contributed by atoms with Crippen LogP contribution in [0.5, 0.6) is 0 Å². The smallest absolute Gasteiger partial charge is 0.293 e. The molecular weight excluding hydrogens is 155 g/mol. The molecule has 1 unspecified atom stereocenters. The second-order valence-electron chi connectivity index (χ2n) is 2.36. The van der Waals surface area contributed by atoms with Gasteiger partial charge < -0.3 is 10.6 Å². The minimum Gasteiger partial charge on any atom is -0.329 e. The van der Waals surface area contributed by atoms with E-state index in [1.165, 1.54) is 0 Å². The van der Waals surface area contributed by atoms with E-state index in [1.807, 2.05) is 0 Å². The molecule has 1 amide bonds. The number of amides is 1. The van der Waals surface area contributed by atoms with Crippen LogP contribution in [0.15, 0.2) is 0 Å². The molecule has 1 saturated heterocycles. The molecule has 5 nitrogen and oxygen atoms in total. The van der Waals surface area contributed by atoms with Gasteiger partial charge in [0.25, 0.3) is 7.52 Å². The van der Waals surface area contributed by atoms with Crippen molar-refractivity contribution in [2.45, 2.75) is 6.04 Å². The lowest BCUT2D eigenvalue weighted by molar-refractivity contribution is -0.135. The highest BCUT2D eigenvalue weighted by Gasteiger charge is 2.41. The van der Waals surface area contributed by atoms with Crippen molar-refractivity contribution < 1.29 is 14.3 Å². The molecule has 0 aliphatic carbocycles. The van der Waals surface area contributed by atoms with Gasteiger partial charge in [-0.25, -0.2) is 0 Å². The maximum atomic E-state index is 10.8. The number of carbonyl (C=O) groups excluding carboxylic acids is 1. The van der Waals surface area contributed by atoms with E-state index in [-0.39, 0.29) is 6.54 Å². The first kappa shape index (κ1) is 7.72. The number of carbonyl (C=O) groups is 1. The van der Waals surface area contributed by atoms with E-state index in [1.54, 1.807) is 0 Å². The zero-order valence-corrected chi connectivity index (χ0v) is 6.41. The van der Waals surface area contributed by atoms with Crippen LogP contribution in [0.2, 0.25) is 0 Å². The predicted molar refractivity (Wildman–Crippen MR) is 35.4 cm³/mol. The van der Waals surface area contributed by atoms with Crippen molar-refractivity contribution in [1.82, 2.24) is 4.67 Å². The average Bonchev–Trinajstić information content (AvgIpc) is 1.79. The molecule has 0 radical (unpaired) electrons. The van der Waals surface area contributed by atoms with Gasteiger partial charge in [-0.1, -0.05) is 0 Å². The van der Waals surface area contributed by atoms with Gasteiger partial charge in [-0.15, -0.1) is 0 Å². The van der Waals surface area contributed by atoms with Gasteiger partial charge >= 0.3 is 0 Å². The molecule has 58 valence electrons. The molecule has 1 rings (SSSR count). The molecule has 0 bridgehead atoms. The number of hydrogen-bond acceptors (Lipinski definition) is 3. The van der Waals surface area contributed by atoms with Crippen LogP contribution in [0.1, 0.15) is 0 Å². The van der Waals surface area contributed by atoms with Gasteiger partial charge in [-0.3, -0.25) is 14.0 Å². The number of rotatable bonds is 1. The molecule has 3 N–H and O–H groups in total. The minimum absolute atomic E-state index is 0.198. The molecule has 1 heterocycles. The van der Waals surface area contributed by atoms with Crippen molar-refractivity contribution >= 4 is 13.4 Å². The molecule has 0 aromatic carbocycles. The first-order chi connectivity index (χ1) is 4.43. The number of β-lactam (4-membered cyclic amide) rings is 1. The van der Waals surface area contributed by atoms with Gasteiger partial charge in [0, 0.05) is 6.66 Å². The van der Waals surface area contributed by atoms with Gasteiger partial charge in [-0.05, 0) is 0 Å². The quantitative estimate of drug-likeness (QED) is 0.383. The Hall–Kier alpha value is -0.380. The highest BCUT2D eigenvalue weighted by atomic mass is 31.2. The third-order valence-electron chi connectivity index (χ3n) is 1.39. The molecular formula is C4H9N2O3P. The molecule has 0 aromatic rings. The second kappa shape index (κ2) is 2.05. The molecule has 1 fully saturated rings. The maximum absolute atomic E-state index is 10.8. The van der Waals surface area contributed by atoms with Gasteiger partial charge in [0.1, 0.15) is 6.04 Å². The summed E-state index contributed by atoms with van der Waals surface area (Å²) >= 11 is 0. The molecule has 0 spiro atoms. The summed E-state index contributed by atoms with van der Waals surface area (Å²) < 4.78 is 11.7. The van der Waals surface area contributed by atoms with E-state index in [2.05, 4.69) is 0 Å². The normalized spacial score (nSPS) is 31.3. The zero-order valence-electron chi connectivity index (χ0n) is 5.52. The van der Waals surface area contributed by atoms with Gasteiger partial charge in [0.05, 0.1) is 6.54 Å². The molecule has 1 aliphatic heterocycles. The third kappa shape index (κ3) is 1.08. The highest BCUT2D eigenvalue weighted by molar-refractivity contribution is 7.55. The molecule has 2 atom stereocenters. The fourth-order valence-corrected chi connectivity index (χ4v) is 1.76. The lowest BCUT2D eigenvalue weighted by Crippen LogP contribution is -2.58. The Bertz CT molecular complexity index is 211. The molecule has 1 aliphatic rings. The highest BCUT2D eigenvalue weighted by Crippen LogP contribution is 2.44. The lowest BCUT2D eigenvalue weighted by atomic mass is 10.2. The Balaban J connectivity index is 2.65. The molecule has 0 aromatic heterocycles. The summed E-state index contributed by atoms with van der Waals surface area (Å²) in [4.78, 5) is 19.5. The van der Waals surface area contributed by atoms with Gasteiger partial charge in [0.2, 0.25) is 5.91 Å². The Kier molecular flexibility index (Phi) is 1.58. The van der Waals surface area contributed by atoms with E-state index in [4.69, 9.17) is 10.6 Å². The summed E-state index contributed by atoms with van der Waals surface area (Å²) in [6, 6.07) is -0.569. The van der Waals surface area contributed by atoms with E-state index in [0.717, 1.165) is 11.3 Å². The van der Waals surface area contributed by atoms with Crippen LogP contribution in [0.25, 0.3) is 0 Å². The first-order valence-electron chi connectivity index (χ1n) is 2.80. The SMILES string of the molecule is CP(=O)(O)N1C[C@H](N)C1=O. The number of nitrogens with two attached hydrogens (primary N) is 1. The van der Waals surface area contributed by atoms with E-state index in [9.17, 15) is 9.36 Å². The van der Waals surface area contributed by atoms with Crippen molar-refractivity contribution in [1.29, 1.82) is 0 Å². The third-order valence-corrected chi connectivity index (χ3v) is 2.65. The van der Waals surface area contributed by atoms with Gasteiger partial charge in [-0.2, -0.15) is 0 Å². The summed E-state index contributed by atoms with van der Waals surface area (Å²) in [7, 11) is -3.36. The van der Waals surface area contributed by atoms with Crippen LogP contribution in [0.3, 0.4) is 0 Å². The summed E-state index contributed by atoms with van der Waals surface area (Å²) in [5.41, 5.74) is 5.19. The van der Waals surface area contributed by atoms with Crippen LogP contribution in [-0.2, 0) is 9.36 Å². The minimum atomic E-state index is -3.36. The summed E-state index contributed by atoms with van der Waals surface area (Å²) in [6.45, 7) is 1.32. The number of nitrogens with zero attached hydrogens (tertiary/aromatic N) is 1. The average molecular weight is 164 g/mol. The van der Waals surface area contributed by atoms with Crippen molar-refractivity contribution in [3.05, 3.63) is 0 Å². The van der Waals surface area contributed by atoms with Crippen LogP contribution < -0.4 is 5.73 Å². The monoisotopic (exact) mass is 164 g/mol. The van der Waals surface area contributed by atoms with E-state index < -0.39 is 19.5 Å². The number of hydrogen-bond donors (Lipinski definition) is 2. The van der Waals surface area contributed by atoms with Gasteiger partial charge in [0.15, 0.2) is 0 Å². The van der Waals surface area contributed by atoms with Crippen LogP contribution in [0, 0.1) is 0 Å². The van der Waals surface area contributed by atoms with E-state index >= 15 is 0 Å². The molecule has 10 heavy (non-hydrogen) atoms. The Morgan fingerprint density at radius 3 is 2.50 bits per heavy atom. The topological polar surface area (TPSA) is 83.6 Å². The Labute approximate surface area is 58.3 Å². The van der Waals surface area contributed by atoms with Crippen molar-refractivity contribution in [3.63, 3.8) is 0 Å². The standard InChI is InChI=1S/C4H9N2O3P/c1-10(8,9)6-2-3(5)4(6)7/h3H,2,5H2,1H3,(H,8,9)/t3-/m0/s1. The van der Waals surface area contributed by atoms with E-state index in [0.29, 0.717) is 0 Å². The summed E-state index contributed by atoms with van der Waals surface area (Å²) in [6.07, 6.45) is 0. The second-order valence-corrected chi connectivity index (χ2v) is 4.52. The first-order valence-corrected chi connectivity index (χ1v) is 4.86. The van der Waals surface area contributed by atoms with Crippen molar-refractivity contribution in [2.75, 3.05) is 13.2 Å². The molecule has 0 saturated carbocycles. The maximum Gasteiger partial charge on any atom is 0.293 e. The lowest BCUT2D eigenvalue weighted by Gasteiger charge is -2.37. The largest absolute Gasteiger partial charge is 0.329 e. The summed E-state index contributed by atoms with van der Waals surface area (Å²) in [5.74, 6) is -0.437. The zero-order chi connectivity index (χ0) is 7.94.